The predicted octanol–water partition coefficient (Wildman–Crippen LogP) is 1.63. The number of rotatable bonds is 2. The number of likely N-dealkylation sites (N-methyl/N-ethyl adjacent to an activating group) is 1. The van der Waals surface area contributed by atoms with E-state index < -0.39 is 6.04 Å². The molecule has 2 amide bonds. The highest BCUT2D eigenvalue weighted by atomic mass is 35.5. The van der Waals surface area contributed by atoms with Crippen molar-refractivity contribution in [3.8, 4) is 0 Å². The van der Waals surface area contributed by atoms with Crippen LogP contribution in [0.4, 0.5) is 0 Å². The second-order valence-electron chi connectivity index (χ2n) is 5.65. The van der Waals surface area contributed by atoms with Crippen molar-refractivity contribution < 1.29 is 9.59 Å². The zero-order valence-corrected chi connectivity index (χ0v) is 14.5. The van der Waals surface area contributed by atoms with Gasteiger partial charge in [0.05, 0.1) is 22.9 Å². The quantitative estimate of drug-likeness (QED) is 0.864. The smallest absolute Gasteiger partial charge is 0.252 e. The van der Waals surface area contributed by atoms with Gasteiger partial charge in [0, 0.05) is 25.8 Å². The molecule has 1 saturated heterocycles. The second kappa shape index (κ2) is 6.83. The third-order valence-electron chi connectivity index (χ3n) is 4.03. The number of nitrogens with one attached hydrogen (secondary N) is 1. The Morgan fingerprint density at radius 2 is 2.08 bits per heavy atom. The summed E-state index contributed by atoms with van der Waals surface area (Å²) in [5.41, 5.74) is 1.53. The van der Waals surface area contributed by atoms with Gasteiger partial charge in [0.2, 0.25) is 5.91 Å². The van der Waals surface area contributed by atoms with E-state index >= 15 is 0 Å². The number of carbonyl (C=O) groups excluding carboxylic acids is 2. The summed E-state index contributed by atoms with van der Waals surface area (Å²) in [6.07, 6.45) is 3.21. The number of hydrogen-bond acceptors (Lipinski definition) is 4. The van der Waals surface area contributed by atoms with Crippen molar-refractivity contribution in [2.45, 2.75) is 6.04 Å². The Bertz CT molecular complexity index is 748. The average molecular weight is 367 g/mol. The monoisotopic (exact) mass is 366 g/mol. The molecule has 126 valence electrons. The number of aliphatic imine (C=N–C) groups is 1. The van der Waals surface area contributed by atoms with E-state index in [4.69, 9.17) is 23.2 Å². The number of hydrogen-bond donors (Lipinski definition) is 1. The van der Waals surface area contributed by atoms with Crippen LogP contribution in [-0.2, 0) is 9.59 Å². The Morgan fingerprint density at radius 3 is 2.79 bits per heavy atom. The molecule has 2 aliphatic heterocycles. The number of halogens is 2. The first kappa shape index (κ1) is 16.8. The molecule has 8 heteroatoms. The highest BCUT2D eigenvalue weighted by molar-refractivity contribution is 6.42. The van der Waals surface area contributed by atoms with Crippen LogP contribution in [0.2, 0.25) is 10.0 Å². The normalized spacial score (nSPS) is 20.7. The SMILES string of the molecule is CN1CCN(C(=O)C2C=C(c3ccc(Cl)c(Cl)c3)NC=N2)CC1=O. The highest BCUT2D eigenvalue weighted by Crippen LogP contribution is 2.26. The van der Waals surface area contributed by atoms with E-state index in [-0.39, 0.29) is 18.4 Å². The van der Waals surface area contributed by atoms with Gasteiger partial charge in [-0.15, -0.1) is 0 Å². The molecule has 0 radical (unpaired) electrons. The maximum absolute atomic E-state index is 12.6. The van der Waals surface area contributed by atoms with Crippen LogP contribution in [0.3, 0.4) is 0 Å². The number of amides is 2. The molecule has 6 nitrogen and oxygen atoms in total. The zero-order valence-electron chi connectivity index (χ0n) is 13.0. The van der Waals surface area contributed by atoms with E-state index in [1.807, 2.05) is 6.07 Å². The topological polar surface area (TPSA) is 65.0 Å². The molecule has 1 N–H and O–H groups in total. The summed E-state index contributed by atoms with van der Waals surface area (Å²) < 4.78 is 0. The molecular formula is C16H16Cl2N4O2. The van der Waals surface area contributed by atoms with Gasteiger partial charge >= 0.3 is 0 Å². The minimum atomic E-state index is -0.660. The van der Waals surface area contributed by atoms with E-state index in [0.29, 0.717) is 23.1 Å². The lowest BCUT2D eigenvalue weighted by Crippen LogP contribution is -2.53. The Labute approximate surface area is 149 Å². The third-order valence-corrected chi connectivity index (χ3v) is 4.77. The summed E-state index contributed by atoms with van der Waals surface area (Å²) in [4.78, 5) is 31.7. The molecule has 1 aromatic rings. The Balaban J connectivity index is 1.78. The van der Waals surface area contributed by atoms with Crippen molar-refractivity contribution in [1.29, 1.82) is 0 Å². The van der Waals surface area contributed by atoms with Gasteiger partial charge < -0.3 is 15.1 Å². The molecule has 0 bridgehead atoms. The van der Waals surface area contributed by atoms with Gasteiger partial charge in [-0.3, -0.25) is 14.6 Å². The molecule has 1 atom stereocenters. The first-order chi connectivity index (χ1) is 11.5. The van der Waals surface area contributed by atoms with Crippen LogP contribution < -0.4 is 5.32 Å². The standard InChI is InChI=1S/C16H16Cl2N4O2/c1-21-4-5-22(8-15(21)23)16(24)14-7-13(19-9-20-14)10-2-3-11(17)12(18)6-10/h2-3,6-7,9,14H,4-5,8H2,1H3,(H,19,20). The average Bonchev–Trinajstić information content (AvgIpc) is 2.59. The minimum Gasteiger partial charge on any atom is -0.346 e. The van der Waals surface area contributed by atoms with Gasteiger partial charge in [-0.05, 0) is 23.8 Å². The van der Waals surface area contributed by atoms with E-state index in [1.54, 1.807) is 35.1 Å². The molecule has 0 aliphatic carbocycles. The first-order valence-electron chi connectivity index (χ1n) is 7.44. The summed E-state index contributed by atoms with van der Waals surface area (Å²) >= 11 is 12.0. The van der Waals surface area contributed by atoms with Crippen molar-refractivity contribution >= 4 is 47.1 Å². The van der Waals surface area contributed by atoms with Crippen LogP contribution in [0.15, 0.2) is 29.3 Å². The van der Waals surface area contributed by atoms with Crippen molar-refractivity contribution in [2.75, 3.05) is 26.7 Å². The van der Waals surface area contributed by atoms with Crippen LogP contribution in [-0.4, -0.2) is 60.7 Å². The van der Waals surface area contributed by atoms with Crippen LogP contribution >= 0.6 is 23.2 Å². The van der Waals surface area contributed by atoms with Crippen molar-refractivity contribution in [3.63, 3.8) is 0 Å². The molecule has 0 aromatic heterocycles. The Hall–Kier alpha value is -2.05. The maximum Gasteiger partial charge on any atom is 0.252 e. The molecule has 2 aliphatic rings. The van der Waals surface area contributed by atoms with Gasteiger partial charge in [-0.2, -0.15) is 0 Å². The molecule has 3 rings (SSSR count). The minimum absolute atomic E-state index is 0.0683. The van der Waals surface area contributed by atoms with Gasteiger partial charge in [0.1, 0.15) is 0 Å². The molecule has 1 unspecified atom stereocenters. The fraction of sp³-hybridized carbons (Fsp3) is 0.312. The second-order valence-corrected chi connectivity index (χ2v) is 6.47. The maximum atomic E-state index is 12.6. The fourth-order valence-corrected chi connectivity index (χ4v) is 2.85. The molecule has 0 saturated carbocycles. The van der Waals surface area contributed by atoms with Gasteiger partial charge in [0.15, 0.2) is 6.04 Å². The van der Waals surface area contributed by atoms with Crippen molar-refractivity contribution in [3.05, 3.63) is 39.9 Å². The van der Waals surface area contributed by atoms with Crippen LogP contribution in [0.1, 0.15) is 5.56 Å². The van der Waals surface area contributed by atoms with E-state index in [9.17, 15) is 9.59 Å². The first-order valence-corrected chi connectivity index (χ1v) is 8.19. The molecule has 24 heavy (non-hydrogen) atoms. The lowest BCUT2D eigenvalue weighted by molar-refractivity contribution is -0.144. The predicted molar refractivity (Wildman–Crippen MR) is 94.1 cm³/mol. The number of piperazine rings is 1. The fourth-order valence-electron chi connectivity index (χ4n) is 2.55. The summed E-state index contributed by atoms with van der Waals surface area (Å²) in [6, 6.07) is 4.58. The number of carbonyl (C=O) groups is 2. The zero-order chi connectivity index (χ0) is 17.3. The molecule has 1 aromatic carbocycles. The Kier molecular flexibility index (Phi) is 4.78. The van der Waals surface area contributed by atoms with Crippen LogP contribution in [0, 0.1) is 0 Å². The van der Waals surface area contributed by atoms with Gasteiger partial charge in [-0.1, -0.05) is 29.3 Å². The van der Waals surface area contributed by atoms with Crippen LogP contribution in [0.25, 0.3) is 5.70 Å². The highest BCUT2D eigenvalue weighted by Gasteiger charge is 2.29. The third kappa shape index (κ3) is 3.39. The van der Waals surface area contributed by atoms with Crippen molar-refractivity contribution in [1.82, 2.24) is 15.1 Å². The number of benzene rings is 1. The summed E-state index contributed by atoms with van der Waals surface area (Å²) in [6.45, 7) is 1.13. The summed E-state index contributed by atoms with van der Waals surface area (Å²) in [7, 11) is 1.73. The molecular weight excluding hydrogens is 351 g/mol. The van der Waals surface area contributed by atoms with E-state index in [1.165, 1.54) is 6.34 Å². The molecule has 0 spiro atoms. The van der Waals surface area contributed by atoms with E-state index in [2.05, 4.69) is 10.3 Å². The Morgan fingerprint density at radius 1 is 1.29 bits per heavy atom. The number of nitrogens with zero attached hydrogens (tertiary/aromatic N) is 3. The largest absolute Gasteiger partial charge is 0.346 e. The molecule has 1 fully saturated rings. The van der Waals surface area contributed by atoms with Crippen molar-refractivity contribution in [2.24, 2.45) is 4.99 Å². The van der Waals surface area contributed by atoms with Gasteiger partial charge in [-0.25, -0.2) is 0 Å². The van der Waals surface area contributed by atoms with Crippen LogP contribution in [0.5, 0.6) is 0 Å². The molecule has 2 heterocycles. The lowest BCUT2D eigenvalue weighted by Gasteiger charge is -2.33. The van der Waals surface area contributed by atoms with Gasteiger partial charge in [0.25, 0.3) is 5.91 Å². The van der Waals surface area contributed by atoms with E-state index in [0.717, 1.165) is 11.3 Å². The summed E-state index contributed by atoms with van der Waals surface area (Å²) in [5.74, 6) is -0.257. The lowest BCUT2D eigenvalue weighted by atomic mass is 10.1. The summed E-state index contributed by atoms with van der Waals surface area (Å²) in [5, 5.41) is 3.91.